The van der Waals surface area contributed by atoms with Crippen LogP contribution in [0.5, 0.6) is 0 Å². The van der Waals surface area contributed by atoms with Crippen molar-refractivity contribution in [2.45, 2.75) is 25.1 Å². The molecule has 0 aliphatic carbocycles. The number of rotatable bonds is 6. The Kier molecular flexibility index (Phi) is 6.34. The summed E-state index contributed by atoms with van der Waals surface area (Å²) in [4.78, 5) is 13.5. The molecule has 2 aromatic carbocycles. The highest BCUT2D eigenvalue weighted by Gasteiger charge is 2.43. The predicted octanol–water partition coefficient (Wildman–Crippen LogP) is 2.72. The first-order valence-electron chi connectivity index (χ1n) is 9.19. The van der Waals surface area contributed by atoms with E-state index in [0.717, 1.165) is 16.3 Å². The number of hydrogen-bond donors (Lipinski definition) is 2. The molecule has 0 bridgehead atoms. The molecule has 1 aliphatic heterocycles. The number of nitrogens with one attached hydrogen (secondary N) is 2. The normalized spacial score (nSPS) is 17.0. The first-order valence-corrected chi connectivity index (χ1v) is 9.19. The largest absolute Gasteiger partial charge is 0.405 e. The van der Waals surface area contributed by atoms with Crippen LogP contribution in [0.3, 0.4) is 0 Å². The molecule has 1 aliphatic rings. The molecule has 146 valence electrons. The van der Waals surface area contributed by atoms with Crippen molar-refractivity contribution in [3.63, 3.8) is 0 Å². The number of carbonyl (C=O) groups excluding carboxylic acids is 1. The van der Waals surface area contributed by atoms with Crippen molar-refractivity contribution < 1.29 is 18.0 Å². The summed E-state index contributed by atoms with van der Waals surface area (Å²) >= 11 is 0. The third kappa shape index (κ3) is 5.43. The minimum absolute atomic E-state index is 0.171. The van der Waals surface area contributed by atoms with Gasteiger partial charge in [0.15, 0.2) is 0 Å². The van der Waals surface area contributed by atoms with Crippen LogP contribution >= 0.6 is 0 Å². The summed E-state index contributed by atoms with van der Waals surface area (Å²) in [5, 5.41) is 7.72. The molecule has 1 atom stereocenters. The number of piperazine rings is 1. The van der Waals surface area contributed by atoms with E-state index in [-0.39, 0.29) is 12.3 Å². The van der Waals surface area contributed by atoms with E-state index in [1.54, 1.807) is 0 Å². The van der Waals surface area contributed by atoms with Crippen LogP contribution in [0.2, 0.25) is 0 Å². The zero-order valence-corrected chi connectivity index (χ0v) is 15.1. The number of benzene rings is 2. The maximum absolute atomic E-state index is 13.3. The molecule has 1 amide bonds. The van der Waals surface area contributed by atoms with Crippen molar-refractivity contribution in [2.24, 2.45) is 0 Å². The lowest BCUT2D eigenvalue weighted by atomic mass is 10.0. The Labute approximate surface area is 156 Å². The van der Waals surface area contributed by atoms with Gasteiger partial charge in [-0.2, -0.15) is 13.2 Å². The number of hydrogen-bond acceptors (Lipinski definition) is 3. The van der Waals surface area contributed by atoms with Gasteiger partial charge in [-0.05, 0) is 22.8 Å². The van der Waals surface area contributed by atoms with E-state index in [0.29, 0.717) is 32.6 Å². The second kappa shape index (κ2) is 8.71. The predicted molar refractivity (Wildman–Crippen MR) is 99.6 cm³/mol. The molecule has 0 radical (unpaired) electrons. The van der Waals surface area contributed by atoms with Crippen LogP contribution in [-0.2, 0) is 11.2 Å². The van der Waals surface area contributed by atoms with Gasteiger partial charge in [-0.25, -0.2) is 0 Å². The van der Waals surface area contributed by atoms with E-state index in [4.69, 9.17) is 0 Å². The lowest BCUT2D eigenvalue weighted by Crippen LogP contribution is -2.57. The minimum Gasteiger partial charge on any atom is -0.354 e. The van der Waals surface area contributed by atoms with Crippen LogP contribution in [0.4, 0.5) is 13.2 Å². The van der Waals surface area contributed by atoms with Gasteiger partial charge < -0.3 is 10.6 Å². The second-order valence-corrected chi connectivity index (χ2v) is 6.83. The molecule has 4 nitrogen and oxygen atoms in total. The molecule has 2 aromatic rings. The van der Waals surface area contributed by atoms with Crippen LogP contribution in [0.25, 0.3) is 10.8 Å². The summed E-state index contributed by atoms with van der Waals surface area (Å²) in [5.41, 5.74) is 0.998. The van der Waals surface area contributed by atoms with Crippen LogP contribution in [-0.4, -0.2) is 55.7 Å². The quantitative estimate of drug-likeness (QED) is 0.811. The Balaban J connectivity index is 1.52. The molecule has 0 saturated carbocycles. The highest BCUT2D eigenvalue weighted by Crippen LogP contribution is 2.25. The number of carbonyl (C=O) groups is 1. The monoisotopic (exact) mass is 379 g/mol. The summed E-state index contributed by atoms with van der Waals surface area (Å²) < 4.78 is 40.0. The molecular weight excluding hydrogens is 355 g/mol. The Morgan fingerprint density at radius 1 is 1.11 bits per heavy atom. The van der Waals surface area contributed by atoms with Crippen molar-refractivity contribution in [2.75, 3.05) is 32.7 Å². The number of nitrogens with zero attached hydrogens (tertiary/aromatic N) is 1. The van der Waals surface area contributed by atoms with Crippen LogP contribution in [0, 0.1) is 0 Å². The molecule has 7 heteroatoms. The number of amides is 1. The fourth-order valence-corrected chi connectivity index (χ4v) is 3.40. The SMILES string of the molecule is O=C(CCc1ccc2ccccc2c1)NCC(N1CCNCC1)C(F)(F)F. The number of fused-ring (bicyclic) bond motifs is 1. The Morgan fingerprint density at radius 2 is 1.81 bits per heavy atom. The fourth-order valence-electron chi connectivity index (χ4n) is 3.40. The standard InChI is InChI=1S/C20H24F3N3O/c21-20(22,23)18(26-11-9-24-10-12-26)14-25-19(27)8-6-15-5-7-16-3-1-2-4-17(16)13-15/h1-5,7,13,18,24H,6,8-12,14H2,(H,25,27). The van der Waals surface area contributed by atoms with Gasteiger partial charge in [0.2, 0.25) is 5.91 Å². The van der Waals surface area contributed by atoms with Crippen LogP contribution in [0.15, 0.2) is 42.5 Å². The van der Waals surface area contributed by atoms with E-state index in [2.05, 4.69) is 10.6 Å². The third-order valence-corrected chi connectivity index (χ3v) is 4.92. The molecule has 0 spiro atoms. The zero-order valence-electron chi connectivity index (χ0n) is 15.1. The van der Waals surface area contributed by atoms with E-state index in [1.807, 2.05) is 42.5 Å². The summed E-state index contributed by atoms with van der Waals surface area (Å²) in [7, 11) is 0. The molecule has 2 N–H and O–H groups in total. The number of halogens is 3. The van der Waals surface area contributed by atoms with Gasteiger partial charge in [0.25, 0.3) is 0 Å². The van der Waals surface area contributed by atoms with Gasteiger partial charge in [0.05, 0.1) is 0 Å². The third-order valence-electron chi connectivity index (χ3n) is 4.92. The van der Waals surface area contributed by atoms with E-state index < -0.39 is 18.8 Å². The molecular formula is C20H24F3N3O. The van der Waals surface area contributed by atoms with Crippen molar-refractivity contribution in [3.8, 4) is 0 Å². The highest BCUT2D eigenvalue weighted by molar-refractivity contribution is 5.83. The van der Waals surface area contributed by atoms with Gasteiger partial charge in [-0.1, -0.05) is 42.5 Å². The second-order valence-electron chi connectivity index (χ2n) is 6.83. The lowest BCUT2D eigenvalue weighted by molar-refractivity contribution is -0.184. The summed E-state index contributed by atoms with van der Waals surface area (Å²) in [5.74, 6) is -0.354. The minimum atomic E-state index is -4.36. The summed E-state index contributed by atoms with van der Waals surface area (Å²) in [6, 6.07) is 12.3. The van der Waals surface area contributed by atoms with Crippen molar-refractivity contribution >= 4 is 16.7 Å². The van der Waals surface area contributed by atoms with Gasteiger partial charge >= 0.3 is 6.18 Å². The molecule has 3 rings (SSSR count). The average Bonchev–Trinajstić information content (AvgIpc) is 2.66. The average molecular weight is 379 g/mol. The summed E-state index contributed by atoms with van der Waals surface area (Å²) in [6.45, 7) is 1.32. The van der Waals surface area contributed by atoms with Crippen molar-refractivity contribution in [3.05, 3.63) is 48.0 Å². The Morgan fingerprint density at radius 3 is 2.52 bits per heavy atom. The zero-order chi connectivity index (χ0) is 19.3. The molecule has 1 unspecified atom stereocenters. The Bertz CT molecular complexity index is 772. The smallest absolute Gasteiger partial charge is 0.354 e. The van der Waals surface area contributed by atoms with Gasteiger partial charge in [-0.15, -0.1) is 0 Å². The van der Waals surface area contributed by atoms with E-state index in [9.17, 15) is 18.0 Å². The Hall–Kier alpha value is -2.12. The van der Waals surface area contributed by atoms with E-state index >= 15 is 0 Å². The van der Waals surface area contributed by atoms with Crippen molar-refractivity contribution in [1.29, 1.82) is 0 Å². The fraction of sp³-hybridized carbons (Fsp3) is 0.450. The molecule has 27 heavy (non-hydrogen) atoms. The maximum Gasteiger partial charge on any atom is 0.405 e. The van der Waals surface area contributed by atoms with Crippen LogP contribution < -0.4 is 10.6 Å². The van der Waals surface area contributed by atoms with Gasteiger partial charge in [0, 0.05) is 39.1 Å². The topological polar surface area (TPSA) is 44.4 Å². The highest BCUT2D eigenvalue weighted by atomic mass is 19.4. The molecule has 1 heterocycles. The molecule has 1 fully saturated rings. The number of alkyl halides is 3. The first-order chi connectivity index (χ1) is 12.9. The molecule has 1 saturated heterocycles. The molecule has 0 aromatic heterocycles. The first kappa shape index (κ1) is 19.6. The van der Waals surface area contributed by atoms with Crippen LogP contribution in [0.1, 0.15) is 12.0 Å². The number of aryl methyl sites for hydroxylation is 1. The summed E-state index contributed by atoms with van der Waals surface area (Å²) in [6.07, 6.45) is -3.69. The maximum atomic E-state index is 13.3. The van der Waals surface area contributed by atoms with Gasteiger partial charge in [0.1, 0.15) is 6.04 Å². The van der Waals surface area contributed by atoms with Crippen molar-refractivity contribution in [1.82, 2.24) is 15.5 Å². The lowest BCUT2D eigenvalue weighted by Gasteiger charge is -2.35. The van der Waals surface area contributed by atoms with E-state index in [1.165, 1.54) is 4.90 Å². The van der Waals surface area contributed by atoms with Gasteiger partial charge in [-0.3, -0.25) is 9.69 Å².